The molecule has 0 aliphatic rings. The fourth-order valence-corrected chi connectivity index (χ4v) is 4.79. The first-order valence-electron chi connectivity index (χ1n) is 3.98. The first kappa shape index (κ1) is 12.2. The average Bonchev–Trinajstić information content (AvgIpc) is 2.33. The zero-order chi connectivity index (χ0) is 10.1. The molecule has 4 heteroatoms. The topological polar surface area (TPSA) is 0 Å². The van der Waals surface area contributed by atoms with Crippen LogP contribution < -0.4 is 0 Å². The van der Waals surface area contributed by atoms with Crippen molar-refractivity contribution < 1.29 is 0 Å². The fraction of sp³-hybridized carbons (Fsp3) is 0.556. The van der Waals surface area contributed by atoms with Crippen molar-refractivity contribution in [2.75, 3.05) is 5.33 Å². The number of rotatable bonds is 3. The van der Waals surface area contributed by atoms with Gasteiger partial charge in [0.2, 0.25) is 0 Å². The minimum atomic E-state index is 0.249. The highest BCUT2D eigenvalue weighted by Gasteiger charge is 2.25. The Balaban J connectivity index is 2.99. The van der Waals surface area contributed by atoms with Crippen molar-refractivity contribution >= 4 is 59.1 Å². The maximum atomic E-state index is 3.60. The summed E-state index contributed by atoms with van der Waals surface area (Å²) >= 11 is 12.4. The normalized spacial score (nSPS) is 12.1. The zero-order valence-electron chi connectivity index (χ0n) is 7.53. The smallest absolute Gasteiger partial charge is 0.0462 e. The first-order chi connectivity index (χ1) is 5.99. The molecule has 0 atom stereocenters. The average molecular weight is 391 g/mol. The Morgan fingerprint density at radius 1 is 1.38 bits per heavy atom. The second-order valence-electron chi connectivity index (χ2n) is 3.55. The van der Waals surface area contributed by atoms with Gasteiger partial charge in [0.15, 0.2) is 0 Å². The largest absolute Gasteiger partial charge is 0.146 e. The summed E-state index contributed by atoms with van der Waals surface area (Å²) in [6.45, 7) is 4.55. The van der Waals surface area contributed by atoms with Crippen LogP contribution in [-0.4, -0.2) is 5.33 Å². The molecule has 1 aromatic heterocycles. The van der Waals surface area contributed by atoms with E-state index in [9.17, 15) is 0 Å². The Kier molecular flexibility index (Phi) is 4.48. The maximum absolute atomic E-state index is 3.60. The molecule has 0 radical (unpaired) electrons. The minimum absolute atomic E-state index is 0.249. The summed E-state index contributed by atoms with van der Waals surface area (Å²) in [7, 11) is 0. The summed E-state index contributed by atoms with van der Waals surface area (Å²) in [6.07, 6.45) is 1.15. The number of alkyl halides is 1. The molecule has 0 spiro atoms. The monoisotopic (exact) mass is 388 g/mol. The van der Waals surface area contributed by atoms with E-state index in [-0.39, 0.29) is 5.41 Å². The van der Waals surface area contributed by atoms with Crippen LogP contribution in [-0.2, 0) is 5.41 Å². The van der Waals surface area contributed by atoms with E-state index in [1.165, 1.54) is 9.35 Å². The van der Waals surface area contributed by atoms with E-state index in [0.717, 1.165) is 16.2 Å². The number of hydrogen-bond donors (Lipinski definition) is 0. The molecule has 0 saturated carbocycles. The lowest BCUT2D eigenvalue weighted by Crippen LogP contribution is -2.16. The van der Waals surface area contributed by atoms with Gasteiger partial charge in [0, 0.05) is 29.9 Å². The van der Waals surface area contributed by atoms with E-state index in [2.05, 4.69) is 67.0 Å². The molecule has 1 aromatic rings. The molecule has 0 aromatic carbocycles. The molecule has 0 nitrogen and oxygen atoms in total. The van der Waals surface area contributed by atoms with Gasteiger partial charge in [-0.2, -0.15) is 0 Å². The van der Waals surface area contributed by atoms with Gasteiger partial charge in [0.1, 0.15) is 0 Å². The molecule has 74 valence electrons. The number of thiophene rings is 1. The highest BCUT2D eigenvalue weighted by Crippen LogP contribution is 2.41. The molecular formula is C9H11Br3S. The molecule has 0 fully saturated rings. The summed E-state index contributed by atoms with van der Waals surface area (Å²) < 4.78 is 2.37. The highest BCUT2D eigenvalue weighted by molar-refractivity contribution is 9.13. The van der Waals surface area contributed by atoms with Crippen molar-refractivity contribution in [3.8, 4) is 0 Å². The van der Waals surface area contributed by atoms with Gasteiger partial charge in [-0.1, -0.05) is 29.8 Å². The maximum Gasteiger partial charge on any atom is 0.0462 e. The Hall–Kier alpha value is 1.14. The molecule has 0 saturated heterocycles. The van der Waals surface area contributed by atoms with Gasteiger partial charge in [0.25, 0.3) is 0 Å². The van der Waals surface area contributed by atoms with E-state index < -0.39 is 0 Å². The summed E-state index contributed by atoms with van der Waals surface area (Å²) in [5.74, 6) is 0. The van der Waals surface area contributed by atoms with Crippen molar-refractivity contribution in [3.05, 3.63) is 19.2 Å². The second-order valence-corrected chi connectivity index (χ2v) is 6.87. The quantitative estimate of drug-likeness (QED) is 0.611. The second kappa shape index (κ2) is 4.77. The van der Waals surface area contributed by atoms with Crippen molar-refractivity contribution in [1.82, 2.24) is 0 Å². The highest BCUT2D eigenvalue weighted by atomic mass is 79.9. The minimum Gasteiger partial charge on any atom is -0.146 e. The molecule has 0 bridgehead atoms. The lowest BCUT2D eigenvalue weighted by Gasteiger charge is -2.22. The summed E-state index contributed by atoms with van der Waals surface area (Å²) in [4.78, 5) is 1.42. The van der Waals surface area contributed by atoms with Gasteiger partial charge in [0.05, 0.1) is 0 Å². The molecule has 1 rings (SSSR count). The zero-order valence-corrected chi connectivity index (χ0v) is 13.1. The van der Waals surface area contributed by atoms with Gasteiger partial charge in [-0.3, -0.25) is 0 Å². The van der Waals surface area contributed by atoms with Crippen LogP contribution >= 0.6 is 59.1 Å². The van der Waals surface area contributed by atoms with Gasteiger partial charge in [-0.25, -0.2) is 0 Å². The molecule has 0 amide bonds. The standard InChI is InChI=1S/C9H11Br3S/c1-9(2,3-4-10)8-7(12)6(11)5-13-8/h5H,3-4H2,1-2H3. The Morgan fingerprint density at radius 3 is 2.38 bits per heavy atom. The summed E-state index contributed by atoms with van der Waals surface area (Å²) in [5.41, 5.74) is 0.249. The number of halogens is 3. The predicted octanol–water partition coefficient (Wildman–Crippen LogP) is 5.34. The third-order valence-corrected chi connectivity index (χ3v) is 6.31. The van der Waals surface area contributed by atoms with Crippen LogP contribution in [0.5, 0.6) is 0 Å². The van der Waals surface area contributed by atoms with E-state index >= 15 is 0 Å². The van der Waals surface area contributed by atoms with E-state index in [0.29, 0.717) is 0 Å². The van der Waals surface area contributed by atoms with Crippen LogP contribution in [0.3, 0.4) is 0 Å². The molecule has 13 heavy (non-hydrogen) atoms. The van der Waals surface area contributed by atoms with Crippen LogP contribution in [0.4, 0.5) is 0 Å². The van der Waals surface area contributed by atoms with E-state index in [4.69, 9.17) is 0 Å². The SMILES string of the molecule is CC(C)(CCBr)c1scc(Br)c1Br. The van der Waals surface area contributed by atoms with Crippen LogP contribution in [0.1, 0.15) is 25.1 Å². The van der Waals surface area contributed by atoms with Crippen LogP contribution in [0, 0.1) is 0 Å². The predicted molar refractivity (Wildman–Crippen MR) is 71.2 cm³/mol. The Morgan fingerprint density at radius 2 is 2.00 bits per heavy atom. The fourth-order valence-electron chi connectivity index (χ4n) is 1.13. The Labute approximate surface area is 108 Å². The van der Waals surface area contributed by atoms with E-state index in [1.807, 2.05) is 11.3 Å². The van der Waals surface area contributed by atoms with Crippen LogP contribution in [0.25, 0.3) is 0 Å². The molecule has 0 N–H and O–H groups in total. The van der Waals surface area contributed by atoms with Crippen molar-refractivity contribution in [2.45, 2.75) is 25.7 Å². The number of hydrogen-bond acceptors (Lipinski definition) is 1. The van der Waals surface area contributed by atoms with Crippen LogP contribution in [0.15, 0.2) is 14.3 Å². The van der Waals surface area contributed by atoms with Crippen LogP contribution in [0.2, 0.25) is 0 Å². The summed E-state index contributed by atoms with van der Waals surface area (Å²) in [5, 5.41) is 3.18. The van der Waals surface area contributed by atoms with E-state index in [1.54, 1.807) is 0 Å². The first-order valence-corrected chi connectivity index (χ1v) is 7.56. The Bertz CT molecular complexity index is 291. The van der Waals surface area contributed by atoms with Gasteiger partial charge < -0.3 is 0 Å². The van der Waals surface area contributed by atoms with Gasteiger partial charge in [-0.05, 0) is 38.3 Å². The molecule has 0 unspecified atom stereocenters. The molecule has 0 aliphatic heterocycles. The summed E-state index contributed by atoms with van der Waals surface area (Å²) in [6, 6.07) is 0. The van der Waals surface area contributed by atoms with Crippen molar-refractivity contribution in [2.24, 2.45) is 0 Å². The van der Waals surface area contributed by atoms with Crippen molar-refractivity contribution in [3.63, 3.8) is 0 Å². The third kappa shape index (κ3) is 2.80. The van der Waals surface area contributed by atoms with Gasteiger partial charge in [-0.15, -0.1) is 11.3 Å². The van der Waals surface area contributed by atoms with Crippen molar-refractivity contribution in [1.29, 1.82) is 0 Å². The lowest BCUT2D eigenvalue weighted by atomic mass is 9.89. The lowest BCUT2D eigenvalue weighted by molar-refractivity contribution is 0.521. The van der Waals surface area contributed by atoms with Gasteiger partial charge >= 0.3 is 0 Å². The molecular weight excluding hydrogens is 380 g/mol. The molecule has 1 heterocycles. The molecule has 0 aliphatic carbocycles. The third-order valence-electron chi connectivity index (χ3n) is 2.02.